The first kappa shape index (κ1) is 24.6. The van der Waals surface area contributed by atoms with Crippen molar-refractivity contribution in [1.29, 1.82) is 0 Å². The Bertz CT molecular complexity index is 1280. The Kier molecular flexibility index (Phi) is 7.65. The van der Waals surface area contributed by atoms with E-state index in [0.29, 0.717) is 34.8 Å². The summed E-state index contributed by atoms with van der Waals surface area (Å²) in [4.78, 5) is 26.9. The third-order valence-corrected chi connectivity index (χ3v) is 7.14. The Morgan fingerprint density at radius 2 is 1.82 bits per heavy atom. The summed E-state index contributed by atoms with van der Waals surface area (Å²) in [5, 5.41) is 3.38. The topological polar surface area (TPSA) is 97.7 Å². The maximum Gasteiger partial charge on any atom is 0.242 e. The molecule has 8 nitrogen and oxygen atoms in total. The molecule has 2 aromatic carbocycles. The zero-order valence-electron chi connectivity index (χ0n) is 18.7. The maximum absolute atomic E-state index is 13.2. The Balaban J connectivity index is 1.90. The monoisotopic (exact) mass is 491 g/mol. The molecule has 0 bridgehead atoms. The van der Waals surface area contributed by atoms with Crippen molar-refractivity contribution >= 4 is 49.8 Å². The zero-order chi connectivity index (χ0) is 24.2. The number of hydrogen-bond acceptors (Lipinski definition) is 5. The van der Waals surface area contributed by atoms with Crippen LogP contribution in [-0.2, 0) is 26.0 Å². The Hall–Kier alpha value is -3.04. The molecule has 0 aliphatic rings. The van der Waals surface area contributed by atoms with Gasteiger partial charge < -0.3 is 19.5 Å². The van der Waals surface area contributed by atoms with Crippen LogP contribution in [0.4, 0.5) is 5.69 Å². The fourth-order valence-corrected chi connectivity index (χ4v) is 5.17. The number of carbonyl (C=O) groups is 2. The van der Waals surface area contributed by atoms with E-state index in [4.69, 9.17) is 16.3 Å². The second-order valence-electron chi connectivity index (χ2n) is 7.36. The van der Waals surface area contributed by atoms with Crippen LogP contribution in [0.25, 0.3) is 10.9 Å². The summed E-state index contributed by atoms with van der Waals surface area (Å²) in [7, 11) is -2.58. The Morgan fingerprint density at radius 3 is 2.48 bits per heavy atom. The molecule has 0 saturated heterocycles. The van der Waals surface area contributed by atoms with Gasteiger partial charge in [-0.1, -0.05) is 29.8 Å². The first-order valence-electron chi connectivity index (χ1n) is 10.4. The maximum atomic E-state index is 13.2. The average molecular weight is 492 g/mol. The van der Waals surface area contributed by atoms with Crippen LogP contribution >= 0.6 is 11.6 Å². The molecule has 1 aromatic heterocycles. The molecule has 1 heterocycles. The fourth-order valence-electron chi connectivity index (χ4n) is 3.63. The van der Waals surface area contributed by atoms with E-state index in [9.17, 15) is 18.0 Å². The molecule has 2 amide bonds. The van der Waals surface area contributed by atoms with Gasteiger partial charge in [0.05, 0.1) is 17.7 Å². The number of methoxy groups -OCH3 is 1. The lowest BCUT2D eigenvalue weighted by Gasteiger charge is -2.19. The molecule has 3 aromatic rings. The van der Waals surface area contributed by atoms with Gasteiger partial charge >= 0.3 is 0 Å². The molecular weight excluding hydrogens is 466 g/mol. The second kappa shape index (κ2) is 10.3. The summed E-state index contributed by atoms with van der Waals surface area (Å²) >= 11 is 5.98. The van der Waals surface area contributed by atoms with Crippen LogP contribution in [0.1, 0.15) is 13.8 Å². The fraction of sp³-hybridized carbons (Fsp3) is 0.304. The summed E-state index contributed by atoms with van der Waals surface area (Å²) in [6.45, 7) is 4.90. The number of rotatable bonds is 9. The molecule has 0 spiro atoms. The van der Waals surface area contributed by atoms with Gasteiger partial charge in [0.15, 0.2) is 9.84 Å². The highest BCUT2D eigenvalue weighted by molar-refractivity contribution is 7.92. The number of nitrogens with zero attached hydrogens (tertiary/aromatic N) is 2. The second-order valence-corrected chi connectivity index (χ2v) is 9.75. The number of likely N-dealkylation sites (N-methyl/N-ethyl adjacent to an activating group) is 1. The number of amides is 2. The highest BCUT2D eigenvalue weighted by Gasteiger charge is 2.26. The zero-order valence-corrected chi connectivity index (χ0v) is 20.2. The molecule has 0 unspecified atom stereocenters. The lowest BCUT2D eigenvalue weighted by Crippen LogP contribution is -2.33. The van der Waals surface area contributed by atoms with Crippen LogP contribution in [0.2, 0.25) is 5.02 Å². The number of carbonyl (C=O) groups excluding carboxylic acids is 2. The van der Waals surface area contributed by atoms with Gasteiger partial charge in [0.2, 0.25) is 11.8 Å². The number of aromatic nitrogens is 1. The van der Waals surface area contributed by atoms with Crippen molar-refractivity contribution in [3.8, 4) is 5.75 Å². The van der Waals surface area contributed by atoms with Crippen LogP contribution in [0, 0.1) is 0 Å². The standard InChI is InChI=1S/C23H26ClN3O5S/c1-4-26(5-2)23(29)14-27-13-21(17-8-6-7-9-19(17)27)33(30,31)15-22(28)25-18-12-16(24)10-11-20(18)32-3/h6-13H,4-5,14-15H2,1-3H3,(H,25,28). The van der Waals surface area contributed by atoms with E-state index in [2.05, 4.69) is 5.32 Å². The van der Waals surface area contributed by atoms with Gasteiger partial charge in [0.25, 0.3) is 0 Å². The number of para-hydroxylation sites is 1. The molecule has 3 rings (SSSR count). The number of benzene rings is 2. The number of fused-ring (bicyclic) bond motifs is 1. The van der Waals surface area contributed by atoms with Gasteiger partial charge in [-0.3, -0.25) is 9.59 Å². The van der Waals surface area contributed by atoms with Crippen molar-refractivity contribution in [1.82, 2.24) is 9.47 Å². The predicted molar refractivity (Wildman–Crippen MR) is 129 cm³/mol. The SMILES string of the molecule is CCN(CC)C(=O)Cn1cc(S(=O)(=O)CC(=O)Nc2cc(Cl)ccc2OC)c2ccccc21. The minimum atomic E-state index is -4.01. The first-order valence-corrected chi connectivity index (χ1v) is 12.4. The van der Waals surface area contributed by atoms with Crippen molar-refractivity contribution in [2.45, 2.75) is 25.3 Å². The minimum absolute atomic E-state index is 0.00124. The van der Waals surface area contributed by atoms with Crippen LogP contribution in [0.5, 0.6) is 5.75 Å². The van der Waals surface area contributed by atoms with Crippen molar-refractivity contribution < 1.29 is 22.7 Å². The van der Waals surface area contributed by atoms with E-state index >= 15 is 0 Å². The van der Waals surface area contributed by atoms with E-state index < -0.39 is 21.5 Å². The molecule has 0 radical (unpaired) electrons. The van der Waals surface area contributed by atoms with E-state index in [1.54, 1.807) is 45.9 Å². The van der Waals surface area contributed by atoms with E-state index in [0.717, 1.165) is 0 Å². The Labute approximate surface area is 198 Å². The number of nitrogens with one attached hydrogen (secondary N) is 1. The summed E-state index contributed by atoms with van der Waals surface area (Å²) in [5.41, 5.74) is 0.881. The highest BCUT2D eigenvalue weighted by atomic mass is 35.5. The lowest BCUT2D eigenvalue weighted by atomic mass is 10.2. The number of anilines is 1. The number of hydrogen-bond donors (Lipinski definition) is 1. The minimum Gasteiger partial charge on any atom is -0.495 e. The smallest absolute Gasteiger partial charge is 0.242 e. The summed E-state index contributed by atoms with van der Waals surface area (Å²) in [5.74, 6) is -1.26. The molecule has 33 heavy (non-hydrogen) atoms. The molecule has 0 aliphatic heterocycles. The number of ether oxygens (including phenoxy) is 1. The van der Waals surface area contributed by atoms with Crippen LogP contribution in [-0.4, -0.2) is 55.7 Å². The van der Waals surface area contributed by atoms with Crippen molar-refractivity contribution in [3.63, 3.8) is 0 Å². The third-order valence-electron chi connectivity index (χ3n) is 5.27. The lowest BCUT2D eigenvalue weighted by molar-refractivity contribution is -0.131. The number of halogens is 1. The van der Waals surface area contributed by atoms with Crippen LogP contribution in [0.3, 0.4) is 0 Å². The van der Waals surface area contributed by atoms with Crippen LogP contribution < -0.4 is 10.1 Å². The summed E-state index contributed by atoms with van der Waals surface area (Å²) in [6, 6.07) is 11.6. The normalized spacial score (nSPS) is 11.4. The van der Waals surface area contributed by atoms with E-state index in [-0.39, 0.29) is 23.0 Å². The van der Waals surface area contributed by atoms with Crippen molar-refractivity contribution in [2.75, 3.05) is 31.3 Å². The third kappa shape index (κ3) is 5.48. The van der Waals surface area contributed by atoms with Gasteiger partial charge in [-0.15, -0.1) is 0 Å². The number of sulfone groups is 1. The van der Waals surface area contributed by atoms with E-state index in [1.165, 1.54) is 19.4 Å². The largest absolute Gasteiger partial charge is 0.495 e. The molecular formula is C23H26ClN3O5S. The summed E-state index contributed by atoms with van der Waals surface area (Å²) < 4.78 is 33.2. The molecule has 176 valence electrons. The highest BCUT2D eigenvalue weighted by Crippen LogP contribution is 2.29. The predicted octanol–water partition coefficient (Wildman–Crippen LogP) is 3.58. The van der Waals surface area contributed by atoms with Crippen molar-refractivity contribution in [3.05, 3.63) is 53.7 Å². The quantitative estimate of drug-likeness (QED) is 0.493. The van der Waals surface area contributed by atoms with Gasteiger partial charge in [-0.25, -0.2) is 8.42 Å². The molecule has 0 atom stereocenters. The molecule has 0 saturated carbocycles. The first-order chi connectivity index (χ1) is 15.7. The summed E-state index contributed by atoms with van der Waals surface area (Å²) in [6.07, 6.45) is 1.43. The van der Waals surface area contributed by atoms with Crippen molar-refractivity contribution in [2.24, 2.45) is 0 Å². The van der Waals surface area contributed by atoms with Crippen LogP contribution in [0.15, 0.2) is 53.6 Å². The average Bonchev–Trinajstić information content (AvgIpc) is 3.14. The van der Waals surface area contributed by atoms with Gasteiger partial charge in [0, 0.05) is 35.2 Å². The van der Waals surface area contributed by atoms with Gasteiger partial charge in [-0.05, 0) is 38.1 Å². The molecule has 0 aliphatic carbocycles. The van der Waals surface area contributed by atoms with Gasteiger partial charge in [0.1, 0.15) is 18.0 Å². The molecule has 1 N–H and O–H groups in total. The Morgan fingerprint density at radius 1 is 1.12 bits per heavy atom. The van der Waals surface area contributed by atoms with Gasteiger partial charge in [-0.2, -0.15) is 0 Å². The molecule has 10 heteroatoms. The van der Waals surface area contributed by atoms with E-state index in [1.807, 2.05) is 13.8 Å². The molecule has 0 fully saturated rings.